The van der Waals surface area contributed by atoms with Gasteiger partial charge in [0.1, 0.15) is 24.6 Å². The third-order valence-corrected chi connectivity index (χ3v) is 5.56. The summed E-state index contributed by atoms with van der Waals surface area (Å²) in [4.78, 5) is 25.5. The van der Waals surface area contributed by atoms with E-state index in [1.807, 2.05) is 43.3 Å². The third-order valence-electron chi connectivity index (χ3n) is 5.56. The molecule has 0 amide bonds. The van der Waals surface area contributed by atoms with Crippen LogP contribution in [0.25, 0.3) is 11.0 Å². The predicted molar refractivity (Wildman–Crippen MR) is 110 cm³/mol. The van der Waals surface area contributed by atoms with E-state index in [4.69, 9.17) is 18.6 Å². The van der Waals surface area contributed by atoms with Crippen molar-refractivity contribution in [2.45, 2.75) is 26.4 Å². The van der Waals surface area contributed by atoms with E-state index < -0.39 is 11.6 Å². The van der Waals surface area contributed by atoms with Gasteiger partial charge in [-0.1, -0.05) is 12.1 Å². The Hall–Kier alpha value is -3.32. The number of hydrogen-bond donors (Lipinski definition) is 1. The molecule has 7 heteroatoms. The molecule has 2 heterocycles. The number of fused-ring (bicyclic) bond motifs is 3. The second-order valence-corrected chi connectivity index (χ2v) is 7.37. The van der Waals surface area contributed by atoms with Crippen LogP contribution in [0.1, 0.15) is 22.3 Å². The summed E-state index contributed by atoms with van der Waals surface area (Å²) in [5.74, 6) is 1.08. The van der Waals surface area contributed by atoms with Gasteiger partial charge in [0.05, 0.1) is 31.8 Å². The van der Waals surface area contributed by atoms with Gasteiger partial charge in [0.25, 0.3) is 0 Å². The van der Waals surface area contributed by atoms with Gasteiger partial charge < -0.3 is 18.6 Å². The molecule has 1 unspecified atom stereocenters. The Morgan fingerprint density at radius 3 is 2.73 bits per heavy atom. The summed E-state index contributed by atoms with van der Waals surface area (Å²) in [5.41, 5.74) is 2.99. The average Bonchev–Trinajstić information content (AvgIpc) is 2.76. The SMILES string of the molecule is COC(=O)Cc1c(C)c2ccc3c(c2oc1=O)C[NH+](Cc1ccccc1OC)CO3. The highest BCUT2D eigenvalue weighted by molar-refractivity contribution is 5.87. The summed E-state index contributed by atoms with van der Waals surface area (Å²) in [7, 11) is 2.96. The van der Waals surface area contributed by atoms with Crippen molar-refractivity contribution in [3.05, 3.63) is 69.1 Å². The lowest BCUT2D eigenvalue weighted by Crippen LogP contribution is -3.10. The molecule has 1 aromatic heterocycles. The van der Waals surface area contributed by atoms with E-state index >= 15 is 0 Å². The van der Waals surface area contributed by atoms with Gasteiger partial charge in [0.2, 0.25) is 6.73 Å². The molecule has 0 bridgehead atoms. The first kappa shape index (κ1) is 20.0. The first-order valence-electron chi connectivity index (χ1n) is 9.75. The van der Waals surface area contributed by atoms with E-state index in [-0.39, 0.29) is 6.42 Å². The normalized spacial score (nSPS) is 15.4. The molecule has 0 saturated carbocycles. The summed E-state index contributed by atoms with van der Waals surface area (Å²) in [5, 5.41) is 0.800. The van der Waals surface area contributed by atoms with Crippen LogP contribution >= 0.6 is 0 Å². The van der Waals surface area contributed by atoms with Crippen LogP contribution in [0.4, 0.5) is 0 Å². The number of rotatable bonds is 5. The minimum absolute atomic E-state index is 0.112. The molecule has 0 radical (unpaired) electrons. The molecular formula is C23H24NO6+. The Morgan fingerprint density at radius 1 is 1.17 bits per heavy atom. The summed E-state index contributed by atoms with van der Waals surface area (Å²) in [6, 6.07) is 11.7. The van der Waals surface area contributed by atoms with Crippen molar-refractivity contribution in [3.8, 4) is 11.5 Å². The fraction of sp³-hybridized carbons (Fsp3) is 0.304. The van der Waals surface area contributed by atoms with Crippen molar-refractivity contribution in [1.29, 1.82) is 0 Å². The van der Waals surface area contributed by atoms with E-state index in [1.54, 1.807) is 7.11 Å². The second kappa shape index (κ2) is 8.20. The molecule has 0 aliphatic carbocycles. The highest BCUT2D eigenvalue weighted by Gasteiger charge is 2.27. The van der Waals surface area contributed by atoms with Gasteiger partial charge in [0, 0.05) is 10.9 Å². The monoisotopic (exact) mass is 410 g/mol. The number of carbonyl (C=O) groups excluding carboxylic acids is 1. The number of carbonyl (C=O) groups is 1. The van der Waals surface area contributed by atoms with Gasteiger partial charge in [-0.05, 0) is 36.8 Å². The fourth-order valence-electron chi connectivity index (χ4n) is 3.93. The zero-order valence-electron chi connectivity index (χ0n) is 17.2. The van der Waals surface area contributed by atoms with Gasteiger partial charge >= 0.3 is 11.6 Å². The molecule has 1 N–H and O–H groups in total. The Kier molecular flexibility index (Phi) is 5.46. The molecule has 3 aromatic rings. The number of para-hydroxylation sites is 1. The lowest BCUT2D eigenvalue weighted by atomic mass is 10.00. The van der Waals surface area contributed by atoms with Crippen LogP contribution in [0.15, 0.2) is 45.6 Å². The zero-order chi connectivity index (χ0) is 21.3. The summed E-state index contributed by atoms with van der Waals surface area (Å²) >= 11 is 0. The highest BCUT2D eigenvalue weighted by Crippen LogP contribution is 2.31. The Morgan fingerprint density at radius 2 is 1.97 bits per heavy atom. The van der Waals surface area contributed by atoms with Crippen LogP contribution in [0, 0.1) is 6.92 Å². The van der Waals surface area contributed by atoms with Crippen LogP contribution in [0.5, 0.6) is 11.5 Å². The minimum Gasteiger partial charge on any atom is -0.496 e. The number of aryl methyl sites for hydroxylation is 1. The molecule has 1 aliphatic rings. The molecule has 0 spiro atoms. The number of methoxy groups -OCH3 is 2. The van der Waals surface area contributed by atoms with Crippen LogP contribution in [0.2, 0.25) is 0 Å². The number of esters is 1. The maximum absolute atomic E-state index is 12.6. The first-order chi connectivity index (χ1) is 14.5. The molecule has 156 valence electrons. The third kappa shape index (κ3) is 3.64. The standard InChI is InChI=1S/C23H23NO6/c1-14-16-8-9-20-18(22(16)30-23(26)17(14)10-21(25)28-3)12-24(13-29-20)11-15-6-4-5-7-19(15)27-2/h4-9H,10-13H2,1-3H3/p+1. The zero-order valence-corrected chi connectivity index (χ0v) is 17.2. The lowest BCUT2D eigenvalue weighted by molar-refractivity contribution is -0.945. The van der Waals surface area contributed by atoms with E-state index in [1.165, 1.54) is 12.0 Å². The molecule has 0 fully saturated rings. The van der Waals surface area contributed by atoms with Gasteiger partial charge in [-0.15, -0.1) is 0 Å². The van der Waals surface area contributed by atoms with Crippen LogP contribution < -0.4 is 20.0 Å². The molecule has 7 nitrogen and oxygen atoms in total. The number of quaternary nitrogens is 1. The first-order valence-corrected chi connectivity index (χ1v) is 9.75. The Bertz CT molecular complexity index is 1170. The second-order valence-electron chi connectivity index (χ2n) is 7.37. The van der Waals surface area contributed by atoms with Crippen LogP contribution in [-0.4, -0.2) is 26.9 Å². The van der Waals surface area contributed by atoms with Crippen molar-refractivity contribution in [3.63, 3.8) is 0 Å². The highest BCUT2D eigenvalue weighted by atomic mass is 16.5. The average molecular weight is 410 g/mol. The van der Waals surface area contributed by atoms with E-state index in [9.17, 15) is 9.59 Å². The molecule has 0 saturated heterocycles. The lowest BCUT2D eigenvalue weighted by Gasteiger charge is -2.27. The minimum atomic E-state index is -0.518. The quantitative estimate of drug-likeness (QED) is 0.510. The summed E-state index contributed by atoms with van der Waals surface area (Å²) in [6.07, 6.45) is -0.112. The topological polar surface area (TPSA) is 79.4 Å². The maximum atomic E-state index is 12.6. The smallest absolute Gasteiger partial charge is 0.340 e. The Balaban J connectivity index is 1.71. The van der Waals surface area contributed by atoms with Gasteiger partial charge in [-0.2, -0.15) is 0 Å². The van der Waals surface area contributed by atoms with E-state index in [0.717, 1.165) is 33.6 Å². The van der Waals surface area contributed by atoms with Crippen molar-refractivity contribution in [2.24, 2.45) is 0 Å². The van der Waals surface area contributed by atoms with Gasteiger partial charge in [-0.25, -0.2) is 4.79 Å². The Labute approximate surface area is 173 Å². The molecular weight excluding hydrogens is 386 g/mol. The number of nitrogens with one attached hydrogen (secondary N) is 1. The van der Waals surface area contributed by atoms with Crippen molar-refractivity contribution in [2.75, 3.05) is 21.0 Å². The van der Waals surface area contributed by atoms with E-state index in [0.29, 0.717) is 31.0 Å². The molecule has 1 aliphatic heterocycles. The number of benzene rings is 2. The fourth-order valence-corrected chi connectivity index (χ4v) is 3.93. The number of hydrogen-bond acceptors (Lipinski definition) is 6. The van der Waals surface area contributed by atoms with Crippen LogP contribution in [-0.2, 0) is 29.0 Å². The summed E-state index contributed by atoms with van der Waals surface area (Å²) in [6.45, 7) is 3.68. The van der Waals surface area contributed by atoms with Crippen molar-refractivity contribution in [1.82, 2.24) is 0 Å². The van der Waals surface area contributed by atoms with Crippen LogP contribution in [0.3, 0.4) is 0 Å². The molecule has 1 atom stereocenters. The van der Waals surface area contributed by atoms with E-state index in [2.05, 4.69) is 0 Å². The predicted octanol–water partition coefficient (Wildman–Crippen LogP) is 1.76. The van der Waals surface area contributed by atoms with Crippen molar-refractivity contribution < 1.29 is 28.3 Å². The molecule has 2 aromatic carbocycles. The largest absolute Gasteiger partial charge is 0.496 e. The van der Waals surface area contributed by atoms with Gasteiger partial charge in [-0.3, -0.25) is 9.69 Å². The molecule has 30 heavy (non-hydrogen) atoms. The number of ether oxygens (including phenoxy) is 3. The maximum Gasteiger partial charge on any atom is 0.340 e. The summed E-state index contributed by atoms with van der Waals surface area (Å²) < 4.78 is 21.8. The van der Waals surface area contributed by atoms with Crippen molar-refractivity contribution >= 4 is 16.9 Å². The van der Waals surface area contributed by atoms with Gasteiger partial charge in [0.15, 0.2) is 5.58 Å². The molecule has 4 rings (SSSR count).